The van der Waals surface area contributed by atoms with Gasteiger partial charge in [-0.2, -0.15) is 0 Å². The highest BCUT2D eigenvalue weighted by atomic mass is 28.3. The summed E-state index contributed by atoms with van der Waals surface area (Å²) in [6, 6.07) is 10.5. The van der Waals surface area contributed by atoms with E-state index in [-0.39, 0.29) is 5.91 Å². The van der Waals surface area contributed by atoms with Gasteiger partial charge in [0, 0.05) is 14.2 Å². The van der Waals surface area contributed by atoms with Gasteiger partial charge < -0.3 is 9.47 Å². The SMILES string of the molecule is COC(OC)[Si](C)(C)c1ccccc1. The van der Waals surface area contributed by atoms with Gasteiger partial charge in [0.25, 0.3) is 0 Å². The Morgan fingerprint density at radius 3 is 1.93 bits per heavy atom. The van der Waals surface area contributed by atoms with Crippen LogP contribution in [0.15, 0.2) is 30.3 Å². The third-order valence-electron chi connectivity index (χ3n) is 2.54. The van der Waals surface area contributed by atoms with Crippen molar-refractivity contribution < 1.29 is 9.47 Å². The Kier molecular flexibility index (Phi) is 3.86. The van der Waals surface area contributed by atoms with Crippen LogP contribution in [0.25, 0.3) is 0 Å². The number of rotatable bonds is 4. The maximum atomic E-state index is 5.36. The molecule has 3 heteroatoms. The largest absolute Gasteiger partial charge is 0.359 e. The minimum Gasteiger partial charge on any atom is -0.359 e. The van der Waals surface area contributed by atoms with E-state index in [0.717, 1.165) is 0 Å². The van der Waals surface area contributed by atoms with Crippen LogP contribution >= 0.6 is 0 Å². The van der Waals surface area contributed by atoms with Gasteiger partial charge in [0.15, 0.2) is 0 Å². The van der Waals surface area contributed by atoms with Gasteiger partial charge in [0.1, 0.15) is 14.0 Å². The summed E-state index contributed by atoms with van der Waals surface area (Å²) in [6.07, 6.45) is 0. The van der Waals surface area contributed by atoms with Crippen molar-refractivity contribution in [1.29, 1.82) is 0 Å². The summed E-state index contributed by atoms with van der Waals surface area (Å²) < 4.78 is 10.7. The smallest absolute Gasteiger partial charge is 0.146 e. The molecule has 14 heavy (non-hydrogen) atoms. The van der Waals surface area contributed by atoms with E-state index in [1.54, 1.807) is 14.2 Å². The fraction of sp³-hybridized carbons (Fsp3) is 0.455. The van der Waals surface area contributed by atoms with Crippen LogP contribution in [0, 0.1) is 0 Å². The fourth-order valence-corrected chi connectivity index (χ4v) is 4.19. The van der Waals surface area contributed by atoms with E-state index >= 15 is 0 Å². The molecule has 0 aliphatic heterocycles. The molecule has 0 unspecified atom stereocenters. The van der Waals surface area contributed by atoms with Gasteiger partial charge in [-0.25, -0.2) is 0 Å². The molecule has 0 aromatic heterocycles. The normalized spacial score (nSPS) is 12.1. The molecule has 1 aromatic rings. The predicted octanol–water partition coefficient (Wildman–Crippen LogP) is 1.76. The van der Waals surface area contributed by atoms with Crippen molar-refractivity contribution in [1.82, 2.24) is 0 Å². The molecule has 0 N–H and O–H groups in total. The molecule has 0 fully saturated rings. The van der Waals surface area contributed by atoms with E-state index in [0.29, 0.717) is 0 Å². The summed E-state index contributed by atoms with van der Waals surface area (Å²) in [5, 5.41) is 1.36. The van der Waals surface area contributed by atoms with Crippen molar-refractivity contribution in [2.75, 3.05) is 14.2 Å². The standard InChI is InChI=1S/C11H18O2Si/c1-12-11(13-2)14(3,4)10-8-6-5-7-9-10/h5-9,11H,1-4H3. The lowest BCUT2D eigenvalue weighted by molar-refractivity contribution is -0.0486. The topological polar surface area (TPSA) is 18.5 Å². The molecule has 0 atom stereocenters. The van der Waals surface area contributed by atoms with E-state index in [1.807, 2.05) is 6.07 Å². The average Bonchev–Trinajstić information content (AvgIpc) is 2.20. The molecular weight excluding hydrogens is 192 g/mol. The monoisotopic (exact) mass is 210 g/mol. The molecule has 0 saturated heterocycles. The molecule has 0 bridgehead atoms. The molecule has 0 aliphatic rings. The lowest BCUT2D eigenvalue weighted by Crippen LogP contribution is -2.54. The highest BCUT2D eigenvalue weighted by Crippen LogP contribution is 2.12. The Balaban J connectivity index is 2.94. The van der Waals surface area contributed by atoms with E-state index in [9.17, 15) is 0 Å². The molecule has 1 aromatic carbocycles. The van der Waals surface area contributed by atoms with Crippen molar-refractivity contribution in [2.24, 2.45) is 0 Å². The van der Waals surface area contributed by atoms with E-state index in [4.69, 9.17) is 9.47 Å². The van der Waals surface area contributed by atoms with Crippen LogP contribution in [0.3, 0.4) is 0 Å². The zero-order chi connectivity index (χ0) is 10.6. The van der Waals surface area contributed by atoms with Crippen LogP contribution in [0.4, 0.5) is 0 Å². The Hall–Kier alpha value is -0.643. The van der Waals surface area contributed by atoms with Crippen LogP contribution in [0.5, 0.6) is 0 Å². The molecule has 0 amide bonds. The van der Waals surface area contributed by atoms with Crippen LogP contribution in [0.1, 0.15) is 0 Å². The molecule has 0 aliphatic carbocycles. The second-order valence-corrected chi connectivity index (χ2v) is 8.38. The van der Waals surface area contributed by atoms with Crippen molar-refractivity contribution in [2.45, 2.75) is 19.0 Å². The second-order valence-electron chi connectivity index (χ2n) is 3.89. The minimum atomic E-state index is -1.65. The maximum Gasteiger partial charge on any atom is 0.146 e. The summed E-state index contributed by atoms with van der Waals surface area (Å²) in [6.45, 7) is 4.50. The Bertz CT molecular complexity index is 268. The van der Waals surface area contributed by atoms with Gasteiger partial charge in [0.05, 0.1) is 0 Å². The Morgan fingerprint density at radius 1 is 1.00 bits per heavy atom. The minimum absolute atomic E-state index is 0.0788. The van der Waals surface area contributed by atoms with Gasteiger partial charge in [-0.05, 0) is 0 Å². The first kappa shape index (κ1) is 11.4. The summed E-state index contributed by atoms with van der Waals surface area (Å²) in [5.74, 6) is -0.0788. The number of hydrogen-bond donors (Lipinski definition) is 0. The molecule has 2 nitrogen and oxygen atoms in total. The summed E-state index contributed by atoms with van der Waals surface area (Å²) in [7, 11) is 1.75. The van der Waals surface area contributed by atoms with Gasteiger partial charge in [0.2, 0.25) is 0 Å². The highest BCUT2D eigenvalue weighted by Gasteiger charge is 2.34. The van der Waals surface area contributed by atoms with E-state index in [2.05, 4.69) is 37.4 Å². The van der Waals surface area contributed by atoms with Crippen LogP contribution in [-0.4, -0.2) is 28.2 Å². The maximum absolute atomic E-state index is 5.36. The molecule has 0 heterocycles. The number of benzene rings is 1. The highest BCUT2D eigenvalue weighted by molar-refractivity contribution is 6.90. The molecule has 1 rings (SSSR count). The van der Waals surface area contributed by atoms with Gasteiger partial charge in [-0.3, -0.25) is 0 Å². The van der Waals surface area contributed by atoms with Crippen LogP contribution in [0.2, 0.25) is 13.1 Å². The first-order chi connectivity index (χ1) is 6.62. The fourth-order valence-electron chi connectivity index (χ4n) is 1.69. The van der Waals surface area contributed by atoms with Gasteiger partial charge in [-0.15, -0.1) is 0 Å². The lowest BCUT2D eigenvalue weighted by atomic mass is 10.4. The lowest BCUT2D eigenvalue weighted by Gasteiger charge is -2.30. The molecule has 78 valence electrons. The van der Waals surface area contributed by atoms with Crippen molar-refractivity contribution >= 4 is 13.3 Å². The van der Waals surface area contributed by atoms with Crippen molar-refractivity contribution in [3.63, 3.8) is 0 Å². The zero-order valence-electron chi connectivity index (χ0n) is 9.28. The first-order valence-electron chi connectivity index (χ1n) is 4.74. The molecule has 0 saturated carbocycles. The van der Waals surface area contributed by atoms with Crippen LogP contribution < -0.4 is 5.19 Å². The summed E-state index contributed by atoms with van der Waals surface area (Å²) in [5.41, 5.74) is 0. The Morgan fingerprint density at radius 2 is 1.50 bits per heavy atom. The summed E-state index contributed by atoms with van der Waals surface area (Å²) >= 11 is 0. The van der Waals surface area contributed by atoms with Gasteiger partial charge in [-0.1, -0.05) is 48.6 Å². The third kappa shape index (κ3) is 2.23. The predicted molar refractivity (Wildman–Crippen MR) is 61.4 cm³/mol. The van der Waals surface area contributed by atoms with E-state index in [1.165, 1.54) is 5.19 Å². The van der Waals surface area contributed by atoms with Crippen molar-refractivity contribution in [3.8, 4) is 0 Å². The van der Waals surface area contributed by atoms with Gasteiger partial charge >= 0.3 is 0 Å². The first-order valence-corrected chi connectivity index (χ1v) is 7.81. The molecule has 0 radical (unpaired) electrons. The second kappa shape index (κ2) is 4.73. The zero-order valence-corrected chi connectivity index (χ0v) is 10.3. The third-order valence-corrected chi connectivity index (χ3v) is 6.01. The average molecular weight is 210 g/mol. The van der Waals surface area contributed by atoms with E-state index < -0.39 is 8.07 Å². The Labute approximate surface area is 86.9 Å². The number of hydrogen-bond acceptors (Lipinski definition) is 2. The summed E-state index contributed by atoms with van der Waals surface area (Å²) in [4.78, 5) is 0. The van der Waals surface area contributed by atoms with Crippen molar-refractivity contribution in [3.05, 3.63) is 30.3 Å². The quantitative estimate of drug-likeness (QED) is 0.557. The number of ether oxygens (including phenoxy) is 2. The molecule has 0 spiro atoms. The number of methoxy groups -OCH3 is 2. The molecular formula is C11H18O2Si. The van der Waals surface area contributed by atoms with Crippen LogP contribution in [-0.2, 0) is 9.47 Å².